The summed E-state index contributed by atoms with van der Waals surface area (Å²) in [5.41, 5.74) is 2.62. The molecule has 0 aliphatic rings. The summed E-state index contributed by atoms with van der Waals surface area (Å²) < 4.78 is 0. The molecule has 0 amide bonds. The summed E-state index contributed by atoms with van der Waals surface area (Å²) in [5.74, 6) is 0.620. The van der Waals surface area contributed by atoms with Gasteiger partial charge in [-0.2, -0.15) is 10.1 Å². The van der Waals surface area contributed by atoms with Gasteiger partial charge in [0.05, 0.1) is 25.2 Å². The van der Waals surface area contributed by atoms with E-state index in [4.69, 9.17) is 5.26 Å². The predicted molar refractivity (Wildman–Crippen MR) is 62.0 cm³/mol. The van der Waals surface area contributed by atoms with Gasteiger partial charge < -0.3 is 5.32 Å². The van der Waals surface area contributed by atoms with E-state index < -0.39 is 0 Å². The van der Waals surface area contributed by atoms with Crippen LogP contribution in [0.15, 0.2) is 18.2 Å². The highest BCUT2D eigenvalue weighted by atomic mass is 15.6. The quantitative estimate of drug-likeness (QED) is 0.847. The van der Waals surface area contributed by atoms with Crippen molar-refractivity contribution in [3.63, 3.8) is 0 Å². The third kappa shape index (κ3) is 2.58. The summed E-state index contributed by atoms with van der Waals surface area (Å²) in [4.78, 5) is 1.41. The van der Waals surface area contributed by atoms with Crippen LogP contribution in [0.5, 0.6) is 0 Å². The number of nitrogens with one attached hydrogen (secondary N) is 1. The summed E-state index contributed by atoms with van der Waals surface area (Å²) in [7, 11) is 1.72. The zero-order valence-electron chi connectivity index (χ0n) is 9.68. The van der Waals surface area contributed by atoms with E-state index in [1.807, 2.05) is 19.1 Å². The molecule has 2 aromatic rings. The number of nitriles is 1. The van der Waals surface area contributed by atoms with Crippen molar-refractivity contribution in [2.75, 3.05) is 5.32 Å². The molecule has 0 spiro atoms. The second-order valence-corrected chi connectivity index (χ2v) is 3.69. The first-order chi connectivity index (χ1) is 8.19. The summed E-state index contributed by atoms with van der Waals surface area (Å²) >= 11 is 0. The summed E-state index contributed by atoms with van der Waals surface area (Å²) in [6.07, 6.45) is 0. The van der Waals surface area contributed by atoms with Gasteiger partial charge in [-0.1, -0.05) is 6.07 Å². The molecule has 0 aliphatic heterocycles. The Morgan fingerprint density at radius 3 is 2.94 bits per heavy atom. The molecule has 6 heteroatoms. The molecule has 0 atom stereocenters. The Morgan fingerprint density at radius 1 is 1.47 bits per heavy atom. The molecule has 6 nitrogen and oxygen atoms in total. The molecule has 0 saturated carbocycles. The molecular weight excluding hydrogens is 216 g/mol. The predicted octanol–water partition coefficient (Wildman–Crippen LogP) is 1.00. The van der Waals surface area contributed by atoms with Crippen molar-refractivity contribution in [3.05, 3.63) is 35.2 Å². The van der Waals surface area contributed by atoms with E-state index in [9.17, 15) is 0 Å². The van der Waals surface area contributed by atoms with E-state index in [0.29, 0.717) is 17.9 Å². The Kier molecular flexibility index (Phi) is 3.01. The molecule has 0 aliphatic carbocycles. The summed E-state index contributed by atoms with van der Waals surface area (Å²) in [6, 6.07) is 7.62. The third-order valence-electron chi connectivity index (χ3n) is 2.35. The highest BCUT2D eigenvalue weighted by molar-refractivity contribution is 5.55. The van der Waals surface area contributed by atoms with E-state index in [1.165, 1.54) is 4.80 Å². The number of rotatable bonds is 3. The van der Waals surface area contributed by atoms with Crippen LogP contribution in [0.4, 0.5) is 5.69 Å². The molecule has 1 aromatic carbocycles. The Morgan fingerprint density at radius 2 is 2.29 bits per heavy atom. The first-order valence-electron chi connectivity index (χ1n) is 5.16. The molecule has 2 rings (SSSR count). The fourth-order valence-electron chi connectivity index (χ4n) is 1.45. The van der Waals surface area contributed by atoms with Gasteiger partial charge in [0, 0.05) is 5.69 Å². The number of aromatic nitrogens is 4. The number of nitrogens with zero attached hydrogens (tertiary/aromatic N) is 5. The normalized spacial score (nSPS) is 9.94. The zero-order valence-corrected chi connectivity index (χ0v) is 9.68. The standard InChI is InChI=1S/C11H12N6/c1-8-3-4-9(6-12)5-10(8)13-7-11-14-16-17(2)15-11/h3-5,13H,7H2,1-2H3. The van der Waals surface area contributed by atoms with Crippen LogP contribution in [0.2, 0.25) is 0 Å². The minimum Gasteiger partial charge on any atom is -0.377 e. The summed E-state index contributed by atoms with van der Waals surface area (Å²) in [5, 5.41) is 23.7. The van der Waals surface area contributed by atoms with Crippen molar-refractivity contribution in [3.8, 4) is 6.07 Å². The number of hydrogen-bond acceptors (Lipinski definition) is 5. The van der Waals surface area contributed by atoms with E-state index in [0.717, 1.165) is 11.3 Å². The van der Waals surface area contributed by atoms with E-state index in [2.05, 4.69) is 26.8 Å². The lowest BCUT2D eigenvalue weighted by Gasteiger charge is -2.07. The molecular formula is C11H12N6. The largest absolute Gasteiger partial charge is 0.377 e. The SMILES string of the molecule is Cc1ccc(C#N)cc1NCc1nnn(C)n1. The number of hydrogen-bond donors (Lipinski definition) is 1. The summed E-state index contributed by atoms with van der Waals surface area (Å²) in [6.45, 7) is 2.47. The van der Waals surface area contributed by atoms with Gasteiger partial charge in [-0.15, -0.1) is 10.2 Å². The van der Waals surface area contributed by atoms with Gasteiger partial charge in [0.2, 0.25) is 0 Å². The monoisotopic (exact) mass is 228 g/mol. The molecule has 86 valence electrons. The van der Waals surface area contributed by atoms with Crippen LogP contribution in [0.1, 0.15) is 17.0 Å². The van der Waals surface area contributed by atoms with Gasteiger partial charge in [-0.25, -0.2) is 0 Å². The number of benzene rings is 1. The van der Waals surface area contributed by atoms with Crippen molar-refractivity contribution in [2.24, 2.45) is 7.05 Å². The van der Waals surface area contributed by atoms with Crippen LogP contribution in [0.3, 0.4) is 0 Å². The second-order valence-electron chi connectivity index (χ2n) is 3.69. The molecule has 0 unspecified atom stereocenters. The van der Waals surface area contributed by atoms with Crippen LogP contribution in [0.25, 0.3) is 0 Å². The van der Waals surface area contributed by atoms with Crippen LogP contribution < -0.4 is 5.32 Å². The van der Waals surface area contributed by atoms with Crippen molar-refractivity contribution in [2.45, 2.75) is 13.5 Å². The Bertz CT molecular complexity index is 566. The molecule has 0 fully saturated rings. The van der Waals surface area contributed by atoms with Crippen molar-refractivity contribution >= 4 is 5.69 Å². The number of aryl methyl sites for hydroxylation is 2. The fraction of sp³-hybridized carbons (Fsp3) is 0.273. The second kappa shape index (κ2) is 4.61. The van der Waals surface area contributed by atoms with Gasteiger partial charge in [0.1, 0.15) is 0 Å². The lowest BCUT2D eigenvalue weighted by atomic mass is 10.1. The Hall–Kier alpha value is -2.42. The molecule has 1 N–H and O–H groups in total. The average Bonchev–Trinajstić information content (AvgIpc) is 2.74. The molecule has 17 heavy (non-hydrogen) atoms. The van der Waals surface area contributed by atoms with Gasteiger partial charge in [-0.05, 0) is 29.8 Å². The highest BCUT2D eigenvalue weighted by Crippen LogP contribution is 2.16. The maximum absolute atomic E-state index is 8.83. The van der Waals surface area contributed by atoms with Gasteiger partial charge in [0.25, 0.3) is 0 Å². The van der Waals surface area contributed by atoms with Gasteiger partial charge >= 0.3 is 0 Å². The average molecular weight is 228 g/mol. The smallest absolute Gasteiger partial charge is 0.193 e. The minimum atomic E-state index is 0.490. The first kappa shape index (κ1) is 11.1. The van der Waals surface area contributed by atoms with E-state index in [1.54, 1.807) is 13.1 Å². The zero-order chi connectivity index (χ0) is 12.3. The topological polar surface area (TPSA) is 79.4 Å². The van der Waals surface area contributed by atoms with Crippen LogP contribution in [-0.4, -0.2) is 20.2 Å². The molecule has 1 aromatic heterocycles. The molecule has 0 bridgehead atoms. The molecule has 0 saturated heterocycles. The maximum Gasteiger partial charge on any atom is 0.193 e. The number of anilines is 1. The van der Waals surface area contributed by atoms with Gasteiger partial charge in [0.15, 0.2) is 5.82 Å². The van der Waals surface area contributed by atoms with Crippen LogP contribution in [-0.2, 0) is 13.6 Å². The Labute approximate surface area is 98.9 Å². The number of tetrazole rings is 1. The van der Waals surface area contributed by atoms with E-state index >= 15 is 0 Å². The van der Waals surface area contributed by atoms with Crippen LogP contribution >= 0.6 is 0 Å². The third-order valence-corrected chi connectivity index (χ3v) is 2.35. The lowest BCUT2D eigenvalue weighted by molar-refractivity contribution is 0.628. The Balaban J connectivity index is 2.11. The first-order valence-corrected chi connectivity index (χ1v) is 5.16. The highest BCUT2D eigenvalue weighted by Gasteiger charge is 2.03. The van der Waals surface area contributed by atoms with Crippen molar-refractivity contribution < 1.29 is 0 Å². The van der Waals surface area contributed by atoms with E-state index in [-0.39, 0.29) is 0 Å². The van der Waals surface area contributed by atoms with Crippen molar-refractivity contribution in [1.29, 1.82) is 5.26 Å². The minimum absolute atomic E-state index is 0.490. The molecule has 0 radical (unpaired) electrons. The lowest BCUT2D eigenvalue weighted by Crippen LogP contribution is -2.03. The van der Waals surface area contributed by atoms with Crippen molar-refractivity contribution in [1.82, 2.24) is 20.2 Å². The van der Waals surface area contributed by atoms with Gasteiger partial charge in [-0.3, -0.25) is 0 Å². The molecule has 1 heterocycles. The van der Waals surface area contributed by atoms with Crippen LogP contribution in [0, 0.1) is 18.3 Å². The fourth-order valence-corrected chi connectivity index (χ4v) is 1.45. The maximum atomic E-state index is 8.83.